The highest BCUT2D eigenvalue weighted by Crippen LogP contribution is 2.38. The fourth-order valence-corrected chi connectivity index (χ4v) is 2.72. The van der Waals surface area contributed by atoms with E-state index in [0.29, 0.717) is 4.47 Å². The number of carbonyl (C=O) groups excluding carboxylic acids is 1. The van der Waals surface area contributed by atoms with Crippen LogP contribution in [0.5, 0.6) is 0 Å². The third kappa shape index (κ3) is 3.02. The Morgan fingerprint density at radius 2 is 2.29 bits per heavy atom. The number of alkyl halides is 2. The molecule has 0 radical (unpaired) electrons. The van der Waals surface area contributed by atoms with Crippen LogP contribution in [-0.2, 0) is 9.53 Å². The molecule has 1 heterocycles. The van der Waals surface area contributed by atoms with E-state index in [0.717, 1.165) is 16.2 Å². The Labute approximate surface area is 110 Å². The van der Waals surface area contributed by atoms with Crippen molar-refractivity contribution in [2.45, 2.75) is 25.9 Å². The molecule has 0 aliphatic carbocycles. The number of rotatable bonds is 4. The Hall–Kier alpha value is -0.530. The minimum absolute atomic E-state index is 0.0208. The van der Waals surface area contributed by atoms with Crippen molar-refractivity contribution in [1.29, 1.82) is 0 Å². The maximum atomic E-state index is 13.5. The molecule has 3 nitrogen and oxygen atoms in total. The van der Waals surface area contributed by atoms with Crippen LogP contribution in [0.15, 0.2) is 10.5 Å². The number of esters is 1. The molecule has 0 aliphatic heterocycles. The third-order valence-corrected chi connectivity index (χ3v) is 4.23. The van der Waals surface area contributed by atoms with Gasteiger partial charge in [0.05, 0.1) is 6.61 Å². The number of hydrogen-bond donors (Lipinski definition) is 1. The molecule has 0 saturated heterocycles. The van der Waals surface area contributed by atoms with Crippen LogP contribution in [0.2, 0.25) is 0 Å². The Morgan fingerprint density at radius 1 is 1.71 bits per heavy atom. The first-order valence-corrected chi connectivity index (χ1v) is 6.40. The van der Waals surface area contributed by atoms with Crippen molar-refractivity contribution in [1.82, 2.24) is 0 Å². The predicted molar refractivity (Wildman–Crippen MR) is 63.3 cm³/mol. The zero-order chi connectivity index (χ0) is 13.2. The summed E-state index contributed by atoms with van der Waals surface area (Å²) in [5, 5.41) is 9.52. The summed E-state index contributed by atoms with van der Waals surface area (Å²) in [6.07, 6.45) is -2.18. The second kappa shape index (κ2) is 5.41. The molecule has 1 N–H and O–H groups in total. The van der Waals surface area contributed by atoms with E-state index in [-0.39, 0.29) is 11.5 Å². The minimum atomic E-state index is -3.94. The number of thiophene rings is 1. The summed E-state index contributed by atoms with van der Waals surface area (Å²) in [5.41, 5.74) is 0. The van der Waals surface area contributed by atoms with Crippen molar-refractivity contribution >= 4 is 33.2 Å². The topological polar surface area (TPSA) is 46.5 Å². The van der Waals surface area contributed by atoms with E-state index >= 15 is 0 Å². The van der Waals surface area contributed by atoms with Gasteiger partial charge in [0, 0.05) is 14.2 Å². The van der Waals surface area contributed by atoms with Crippen LogP contribution in [0.1, 0.15) is 22.8 Å². The van der Waals surface area contributed by atoms with Crippen LogP contribution in [0.3, 0.4) is 0 Å². The van der Waals surface area contributed by atoms with Crippen molar-refractivity contribution in [3.05, 3.63) is 20.3 Å². The lowest BCUT2D eigenvalue weighted by atomic mass is 10.1. The Morgan fingerprint density at radius 3 is 2.71 bits per heavy atom. The molecule has 0 amide bonds. The lowest BCUT2D eigenvalue weighted by Crippen LogP contribution is -2.37. The maximum absolute atomic E-state index is 13.5. The maximum Gasteiger partial charge on any atom is 0.380 e. The van der Waals surface area contributed by atoms with Gasteiger partial charge in [0.1, 0.15) is 0 Å². The Bertz CT molecular complexity index is 400. The molecule has 1 aromatic heterocycles. The largest absolute Gasteiger partial charge is 0.461 e. The fraction of sp³-hybridized carbons (Fsp3) is 0.500. The van der Waals surface area contributed by atoms with Crippen molar-refractivity contribution < 1.29 is 23.4 Å². The van der Waals surface area contributed by atoms with Crippen LogP contribution >= 0.6 is 27.3 Å². The number of aliphatic hydroxyl groups excluding tert-OH is 1. The van der Waals surface area contributed by atoms with E-state index in [1.165, 1.54) is 13.0 Å². The summed E-state index contributed by atoms with van der Waals surface area (Å²) in [5.74, 6) is -5.65. The van der Waals surface area contributed by atoms with Crippen molar-refractivity contribution in [2.75, 3.05) is 6.61 Å². The summed E-state index contributed by atoms with van der Waals surface area (Å²) in [6.45, 7) is 2.98. The number of aliphatic hydroxyl groups is 1. The van der Waals surface area contributed by atoms with Gasteiger partial charge in [0.2, 0.25) is 0 Å². The monoisotopic (exact) mass is 328 g/mol. The van der Waals surface area contributed by atoms with Gasteiger partial charge in [-0.3, -0.25) is 0 Å². The molecular weight excluding hydrogens is 318 g/mol. The summed E-state index contributed by atoms with van der Waals surface area (Å²) in [4.78, 5) is 11.8. The molecule has 1 rings (SSSR count). The first kappa shape index (κ1) is 14.5. The number of aryl methyl sites for hydroxylation is 1. The van der Waals surface area contributed by atoms with Gasteiger partial charge in [-0.2, -0.15) is 8.78 Å². The summed E-state index contributed by atoms with van der Waals surface area (Å²) in [6, 6.07) is 1.37. The zero-order valence-corrected chi connectivity index (χ0v) is 11.6. The van der Waals surface area contributed by atoms with Crippen LogP contribution in [0, 0.1) is 6.92 Å². The quantitative estimate of drug-likeness (QED) is 0.864. The Balaban J connectivity index is 2.95. The second-order valence-electron chi connectivity index (χ2n) is 3.30. The van der Waals surface area contributed by atoms with Gasteiger partial charge in [-0.1, -0.05) is 0 Å². The minimum Gasteiger partial charge on any atom is -0.461 e. The van der Waals surface area contributed by atoms with Gasteiger partial charge in [-0.15, -0.1) is 11.3 Å². The summed E-state index contributed by atoms with van der Waals surface area (Å²) < 4.78 is 31.8. The van der Waals surface area contributed by atoms with Crippen molar-refractivity contribution in [3.63, 3.8) is 0 Å². The molecule has 0 saturated carbocycles. The molecule has 1 atom stereocenters. The van der Waals surface area contributed by atoms with E-state index in [9.17, 15) is 18.7 Å². The van der Waals surface area contributed by atoms with Crippen LogP contribution < -0.4 is 0 Å². The highest BCUT2D eigenvalue weighted by atomic mass is 79.9. The molecule has 1 unspecified atom stereocenters. The number of carbonyl (C=O) groups is 1. The number of ether oxygens (including phenoxy) is 1. The molecule has 0 spiro atoms. The molecule has 17 heavy (non-hydrogen) atoms. The average molecular weight is 329 g/mol. The molecule has 7 heteroatoms. The van der Waals surface area contributed by atoms with E-state index in [1.807, 2.05) is 0 Å². The van der Waals surface area contributed by atoms with Gasteiger partial charge < -0.3 is 9.84 Å². The highest BCUT2D eigenvalue weighted by Gasteiger charge is 2.49. The van der Waals surface area contributed by atoms with E-state index in [2.05, 4.69) is 20.7 Å². The predicted octanol–water partition coefficient (Wildman–Crippen LogP) is 3.05. The SMILES string of the molecule is CCOC(=O)C(F)(F)C(O)c1cc(Br)c(C)s1. The van der Waals surface area contributed by atoms with Gasteiger partial charge in [0.15, 0.2) is 6.10 Å². The Kier molecular flexibility index (Phi) is 4.62. The summed E-state index contributed by atoms with van der Waals surface area (Å²) >= 11 is 4.16. The van der Waals surface area contributed by atoms with E-state index < -0.39 is 18.0 Å². The normalized spacial score (nSPS) is 13.5. The molecule has 0 bridgehead atoms. The number of hydrogen-bond acceptors (Lipinski definition) is 4. The van der Waals surface area contributed by atoms with Gasteiger partial charge in [-0.25, -0.2) is 4.79 Å². The average Bonchev–Trinajstić information content (AvgIpc) is 2.58. The van der Waals surface area contributed by atoms with Gasteiger partial charge in [-0.05, 0) is 35.8 Å². The smallest absolute Gasteiger partial charge is 0.380 e. The lowest BCUT2D eigenvalue weighted by molar-refractivity contribution is -0.188. The molecule has 0 fully saturated rings. The number of halogens is 3. The van der Waals surface area contributed by atoms with Gasteiger partial charge >= 0.3 is 11.9 Å². The second-order valence-corrected chi connectivity index (χ2v) is 5.44. The van der Waals surface area contributed by atoms with Crippen LogP contribution in [0.25, 0.3) is 0 Å². The zero-order valence-electron chi connectivity index (χ0n) is 9.17. The van der Waals surface area contributed by atoms with Crippen LogP contribution in [-0.4, -0.2) is 23.6 Å². The van der Waals surface area contributed by atoms with E-state index in [1.54, 1.807) is 6.92 Å². The molecule has 1 aromatic rings. The first-order chi connectivity index (χ1) is 7.80. The molecular formula is C10H11BrF2O3S. The fourth-order valence-electron chi connectivity index (χ4n) is 1.13. The van der Waals surface area contributed by atoms with Crippen molar-refractivity contribution in [3.8, 4) is 0 Å². The third-order valence-electron chi connectivity index (χ3n) is 2.04. The van der Waals surface area contributed by atoms with Gasteiger partial charge in [0.25, 0.3) is 0 Å². The first-order valence-electron chi connectivity index (χ1n) is 4.79. The lowest BCUT2D eigenvalue weighted by Gasteiger charge is -2.19. The van der Waals surface area contributed by atoms with E-state index in [4.69, 9.17) is 0 Å². The summed E-state index contributed by atoms with van der Waals surface area (Å²) in [7, 11) is 0. The van der Waals surface area contributed by atoms with Crippen molar-refractivity contribution in [2.24, 2.45) is 0 Å². The molecule has 0 aliphatic rings. The molecule has 0 aromatic carbocycles. The highest BCUT2D eigenvalue weighted by molar-refractivity contribution is 9.10. The van der Waals surface area contributed by atoms with Crippen LogP contribution in [0.4, 0.5) is 8.78 Å². The standard InChI is InChI=1S/C10H11BrF2O3S/c1-3-16-9(15)10(12,13)8(14)7-4-6(11)5(2)17-7/h4,8,14H,3H2,1-2H3. The molecule has 96 valence electrons.